The molecular weight excluding hydrogens is 381 g/mol. The van der Waals surface area contributed by atoms with Gasteiger partial charge >= 0.3 is 6.61 Å². The van der Waals surface area contributed by atoms with Gasteiger partial charge in [0.05, 0.1) is 42.0 Å². The van der Waals surface area contributed by atoms with E-state index in [-0.39, 0.29) is 5.76 Å². The minimum Gasteiger partial charge on any atom is -0.440 e. The van der Waals surface area contributed by atoms with Crippen LogP contribution in [-0.2, 0) is 4.74 Å². The molecule has 0 unspecified atom stereocenters. The van der Waals surface area contributed by atoms with E-state index in [0.29, 0.717) is 18.6 Å². The number of alkyl halides is 3. The highest BCUT2D eigenvalue weighted by Crippen LogP contribution is 2.21. The first-order chi connectivity index (χ1) is 14.1. The van der Waals surface area contributed by atoms with Gasteiger partial charge in [-0.2, -0.15) is 13.9 Å². The maximum atomic E-state index is 12.4. The molecule has 8 heteroatoms. The average Bonchev–Trinajstić information content (AvgIpc) is 3.22. The van der Waals surface area contributed by atoms with Gasteiger partial charge in [0.2, 0.25) is 0 Å². The fraction of sp³-hybridized carbons (Fsp3) is 0.190. The highest BCUT2D eigenvalue weighted by atomic mass is 19.3. The van der Waals surface area contributed by atoms with E-state index in [9.17, 15) is 13.2 Å². The number of nitrogens with zero attached hydrogens (tertiary/aromatic N) is 4. The van der Waals surface area contributed by atoms with Crippen molar-refractivity contribution in [3.05, 3.63) is 72.9 Å². The molecule has 0 saturated heterocycles. The van der Waals surface area contributed by atoms with E-state index < -0.39 is 6.61 Å². The van der Waals surface area contributed by atoms with E-state index in [1.807, 2.05) is 37.3 Å². The molecule has 29 heavy (non-hydrogen) atoms. The zero-order valence-electron chi connectivity index (χ0n) is 16.3. The molecule has 0 aliphatic rings. The maximum absolute atomic E-state index is 12.4. The van der Waals surface area contributed by atoms with Gasteiger partial charge in [-0.15, -0.1) is 0 Å². The van der Waals surface area contributed by atoms with E-state index >= 15 is 0 Å². The highest BCUT2D eigenvalue weighted by molar-refractivity contribution is 5.76. The zero-order valence-corrected chi connectivity index (χ0v) is 16.3. The van der Waals surface area contributed by atoms with Gasteiger partial charge in [-0.1, -0.05) is 24.3 Å². The highest BCUT2D eigenvalue weighted by Gasteiger charge is 2.09. The van der Waals surface area contributed by atoms with Crippen molar-refractivity contribution in [2.24, 2.45) is 0 Å². The van der Waals surface area contributed by atoms with Crippen LogP contribution in [0.5, 0.6) is 0 Å². The lowest BCUT2D eigenvalue weighted by atomic mass is 10.2. The summed E-state index contributed by atoms with van der Waals surface area (Å²) in [6.07, 6.45) is 12.0. The summed E-state index contributed by atoms with van der Waals surface area (Å²) in [5.74, 6) is 0.0864. The fourth-order valence-corrected chi connectivity index (χ4v) is 2.46. The lowest BCUT2D eigenvalue weighted by molar-refractivity contribution is -0.0953. The zero-order chi connectivity index (χ0) is 21.2. The standard InChI is InChI=1S/C20H18F2N4O.CH3F/c1-3-4-7-16(10-14(2)27-20(21)22)26-13-15(11-24-26)19-12-23-17-8-5-6-9-18(17)25-19;1-2/h3-13,20H,1-2H3;1H3/b4-3-,14-10+,16-7+;. The summed E-state index contributed by atoms with van der Waals surface area (Å²) in [6, 6.07) is 7.59. The monoisotopic (exact) mass is 402 g/mol. The van der Waals surface area contributed by atoms with Crippen LogP contribution >= 0.6 is 0 Å². The molecule has 5 nitrogen and oxygen atoms in total. The lowest BCUT2D eigenvalue weighted by Crippen LogP contribution is -2.00. The van der Waals surface area contributed by atoms with Crippen molar-refractivity contribution in [3.63, 3.8) is 0 Å². The Bertz CT molecular complexity index is 1030. The van der Waals surface area contributed by atoms with E-state index in [2.05, 4.69) is 19.8 Å². The van der Waals surface area contributed by atoms with Crippen LogP contribution in [0, 0.1) is 0 Å². The molecule has 0 atom stereocenters. The number of aromatic nitrogens is 4. The normalized spacial score (nSPS) is 12.4. The number of benzene rings is 1. The van der Waals surface area contributed by atoms with Crippen molar-refractivity contribution in [3.8, 4) is 11.3 Å². The number of allylic oxidation sites excluding steroid dienone is 6. The minimum atomic E-state index is -2.87. The average molecular weight is 402 g/mol. The van der Waals surface area contributed by atoms with Crippen molar-refractivity contribution in [2.75, 3.05) is 7.18 Å². The second-order valence-electron chi connectivity index (χ2n) is 5.67. The number of para-hydroxylation sites is 2. The Kier molecular flexibility index (Phi) is 8.14. The molecule has 0 amide bonds. The smallest absolute Gasteiger partial charge is 0.387 e. The summed E-state index contributed by atoms with van der Waals surface area (Å²) in [5.41, 5.74) is 3.61. The van der Waals surface area contributed by atoms with Gasteiger partial charge in [0, 0.05) is 17.8 Å². The fourth-order valence-electron chi connectivity index (χ4n) is 2.46. The van der Waals surface area contributed by atoms with Gasteiger partial charge in [-0.3, -0.25) is 9.37 Å². The molecule has 0 N–H and O–H groups in total. The Morgan fingerprint density at radius 3 is 2.55 bits per heavy atom. The molecule has 3 rings (SSSR count). The van der Waals surface area contributed by atoms with Crippen LogP contribution in [0.2, 0.25) is 0 Å². The molecule has 0 fully saturated rings. The Hall–Kier alpha value is -3.42. The molecular formula is C21H21F3N4O. The van der Waals surface area contributed by atoms with Crippen molar-refractivity contribution >= 4 is 16.7 Å². The summed E-state index contributed by atoms with van der Waals surface area (Å²) in [7, 11) is 0.500. The first kappa shape index (κ1) is 21.9. The van der Waals surface area contributed by atoms with Crippen molar-refractivity contribution in [1.29, 1.82) is 0 Å². The van der Waals surface area contributed by atoms with Crippen LogP contribution in [0.4, 0.5) is 13.2 Å². The largest absolute Gasteiger partial charge is 0.440 e. The Morgan fingerprint density at radius 2 is 1.86 bits per heavy atom. The molecule has 0 bridgehead atoms. The quantitative estimate of drug-likeness (QED) is 0.396. The number of halogens is 3. The van der Waals surface area contributed by atoms with Crippen LogP contribution in [0.3, 0.4) is 0 Å². The predicted molar refractivity (Wildman–Crippen MR) is 108 cm³/mol. The van der Waals surface area contributed by atoms with Gasteiger partial charge in [0.1, 0.15) is 5.76 Å². The van der Waals surface area contributed by atoms with E-state index in [0.717, 1.165) is 16.6 Å². The third kappa shape index (κ3) is 6.03. The van der Waals surface area contributed by atoms with Gasteiger partial charge in [-0.05, 0) is 32.1 Å². The number of rotatable bonds is 6. The van der Waals surface area contributed by atoms with E-state index in [4.69, 9.17) is 0 Å². The van der Waals surface area contributed by atoms with Gasteiger partial charge < -0.3 is 4.74 Å². The summed E-state index contributed by atoms with van der Waals surface area (Å²) in [6.45, 7) is 0.458. The summed E-state index contributed by atoms with van der Waals surface area (Å²) < 4.78 is 40.3. The van der Waals surface area contributed by atoms with Crippen LogP contribution in [0.25, 0.3) is 28.0 Å². The molecule has 152 valence electrons. The van der Waals surface area contributed by atoms with Gasteiger partial charge in [0.25, 0.3) is 0 Å². The molecule has 3 aromatic rings. The molecule has 0 radical (unpaired) electrons. The summed E-state index contributed by atoms with van der Waals surface area (Å²) in [4.78, 5) is 8.99. The molecule has 0 aliphatic heterocycles. The third-order valence-corrected chi connectivity index (χ3v) is 3.68. The van der Waals surface area contributed by atoms with Crippen molar-refractivity contribution < 1.29 is 17.9 Å². The third-order valence-electron chi connectivity index (χ3n) is 3.68. The Labute approximate surface area is 166 Å². The maximum Gasteiger partial charge on any atom is 0.387 e. The summed E-state index contributed by atoms with van der Waals surface area (Å²) >= 11 is 0. The first-order valence-electron chi connectivity index (χ1n) is 8.68. The second-order valence-corrected chi connectivity index (χ2v) is 5.67. The number of hydrogen-bond acceptors (Lipinski definition) is 4. The molecule has 0 spiro atoms. The summed E-state index contributed by atoms with van der Waals surface area (Å²) in [5, 5.41) is 4.32. The van der Waals surface area contributed by atoms with Gasteiger partial charge in [-0.25, -0.2) is 9.67 Å². The number of hydrogen-bond donors (Lipinski definition) is 0. The minimum absolute atomic E-state index is 0.0864. The predicted octanol–water partition coefficient (Wildman–Crippen LogP) is 5.64. The molecule has 0 aliphatic carbocycles. The second kappa shape index (κ2) is 10.8. The van der Waals surface area contributed by atoms with E-state index in [1.165, 1.54) is 13.0 Å². The van der Waals surface area contributed by atoms with Gasteiger partial charge in [0.15, 0.2) is 0 Å². The van der Waals surface area contributed by atoms with Crippen LogP contribution in [-0.4, -0.2) is 33.5 Å². The molecule has 0 saturated carbocycles. The topological polar surface area (TPSA) is 52.8 Å². The van der Waals surface area contributed by atoms with Crippen LogP contribution in [0.15, 0.2) is 72.9 Å². The molecule has 2 aromatic heterocycles. The number of fused-ring (bicyclic) bond motifs is 1. The Balaban J connectivity index is 0.00000145. The lowest BCUT2D eigenvalue weighted by Gasteiger charge is -2.06. The molecule has 1 aromatic carbocycles. The van der Waals surface area contributed by atoms with Crippen molar-refractivity contribution in [2.45, 2.75) is 20.5 Å². The van der Waals surface area contributed by atoms with E-state index in [1.54, 1.807) is 35.4 Å². The van der Waals surface area contributed by atoms with Crippen molar-refractivity contribution in [1.82, 2.24) is 19.7 Å². The first-order valence-corrected chi connectivity index (χ1v) is 8.68. The Morgan fingerprint density at radius 1 is 1.14 bits per heavy atom. The van der Waals surface area contributed by atoms with Crippen LogP contribution < -0.4 is 0 Å². The molecule has 2 heterocycles. The van der Waals surface area contributed by atoms with Crippen LogP contribution in [0.1, 0.15) is 13.8 Å². The SMILES string of the molecule is CF.C\C=C/C=C(\C=C(/C)OC(F)F)n1cc(-c2cnc3ccccc3n2)cn1. The number of ether oxygens (including phenoxy) is 1.